The molecule has 0 unspecified atom stereocenters. The molecule has 7 nitrogen and oxygen atoms in total. The molecule has 0 atom stereocenters. The molecule has 0 radical (unpaired) electrons. The van der Waals surface area contributed by atoms with Crippen LogP contribution < -0.4 is 9.03 Å². The third-order valence-corrected chi connectivity index (χ3v) is 5.58. The largest absolute Gasteiger partial charge is 0.506 e. The molecule has 27 heavy (non-hydrogen) atoms. The highest BCUT2D eigenvalue weighted by molar-refractivity contribution is 7.91. The van der Waals surface area contributed by atoms with Gasteiger partial charge in [-0.3, -0.25) is 0 Å². The van der Waals surface area contributed by atoms with E-state index in [-0.39, 0.29) is 5.39 Å². The van der Waals surface area contributed by atoms with Crippen LogP contribution in [0, 0.1) is 5.82 Å². The van der Waals surface area contributed by atoms with Gasteiger partial charge in [0.25, 0.3) is 0 Å². The van der Waals surface area contributed by atoms with Gasteiger partial charge >= 0.3 is 10.2 Å². The number of anilines is 1. The number of rotatable bonds is 5. The summed E-state index contributed by atoms with van der Waals surface area (Å²) in [5.74, 6) is -2.15. The van der Waals surface area contributed by atoms with Crippen LogP contribution in [-0.2, 0) is 16.6 Å². The lowest BCUT2D eigenvalue weighted by atomic mass is 9.97. The summed E-state index contributed by atoms with van der Waals surface area (Å²) in [5.41, 5.74) is -0.525. The highest BCUT2D eigenvalue weighted by atomic mass is 32.2. The molecule has 146 valence electrons. The molecule has 0 aliphatic carbocycles. The van der Waals surface area contributed by atoms with E-state index in [1.807, 2.05) is 4.72 Å². The minimum absolute atomic E-state index is 0.151. The minimum Gasteiger partial charge on any atom is -0.506 e. The molecule has 2 aromatic carbocycles. The van der Waals surface area contributed by atoms with Crippen molar-refractivity contribution < 1.29 is 28.1 Å². The fourth-order valence-corrected chi connectivity index (χ4v) is 4.11. The molecular weight excluding hydrogens is 375 g/mol. The summed E-state index contributed by atoms with van der Waals surface area (Å²) >= 11 is 0. The number of benzene rings is 2. The second-order valence-electron chi connectivity index (χ2n) is 7.20. The van der Waals surface area contributed by atoms with Crippen LogP contribution in [0.2, 0.25) is 0 Å². The van der Waals surface area contributed by atoms with Crippen LogP contribution in [0.1, 0.15) is 32.3 Å². The standard InChI is InChI=1S/C18H21FN2O5S/c1-18(2,24)7-3-4-11-5-6-12-9-14(22)17(16(19)13(12)8-11)21-10-15(23)20-27(21,25)26/h5-6,8-10,20,22-24H,3-4,7H2,1-2H3. The van der Waals surface area contributed by atoms with Gasteiger partial charge < -0.3 is 15.3 Å². The SMILES string of the molecule is CC(C)(O)CCCc1ccc2cc(O)c(N3C=C(O)NS3(=O)=O)c(F)c2c1. The van der Waals surface area contributed by atoms with Crippen molar-refractivity contribution in [1.29, 1.82) is 0 Å². The van der Waals surface area contributed by atoms with Crippen LogP contribution >= 0.6 is 0 Å². The smallest absolute Gasteiger partial charge is 0.330 e. The summed E-state index contributed by atoms with van der Waals surface area (Å²) in [6, 6.07) is 6.31. The molecule has 0 amide bonds. The molecule has 0 aromatic heterocycles. The molecule has 0 bridgehead atoms. The van der Waals surface area contributed by atoms with Crippen molar-refractivity contribution in [3.63, 3.8) is 0 Å². The maximum atomic E-state index is 15.1. The van der Waals surface area contributed by atoms with Crippen LogP contribution in [0.4, 0.5) is 10.1 Å². The minimum atomic E-state index is -4.23. The molecule has 4 N–H and O–H groups in total. The number of aliphatic hydroxyl groups excluding tert-OH is 1. The summed E-state index contributed by atoms with van der Waals surface area (Å²) in [6.07, 6.45) is 2.67. The summed E-state index contributed by atoms with van der Waals surface area (Å²) in [4.78, 5) is 0. The zero-order valence-corrected chi connectivity index (χ0v) is 15.7. The van der Waals surface area contributed by atoms with Gasteiger partial charge in [0, 0.05) is 5.39 Å². The Morgan fingerprint density at radius 1 is 1.22 bits per heavy atom. The van der Waals surface area contributed by atoms with Crippen LogP contribution in [-0.4, -0.2) is 29.3 Å². The summed E-state index contributed by atoms with van der Waals surface area (Å²) in [7, 11) is -4.23. The van der Waals surface area contributed by atoms with Gasteiger partial charge in [-0.2, -0.15) is 8.42 Å². The fraction of sp³-hybridized carbons (Fsp3) is 0.333. The highest BCUT2D eigenvalue weighted by Gasteiger charge is 2.33. The van der Waals surface area contributed by atoms with E-state index >= 15 is 4.39 Å². The van der Waals surface area contributed by atoms with Gasteiger partial charge in [-0.15, -0.1) is 0 Å². The van der Waals surface area contributed by atoms with Crippen molar-refractivity contribution in [1.82, 2.24) is 4.72 Å². The third kappa shape index (κ3) is 3.93. The Kier molecular flexibility index (Phi) is 4.69. The van der Waals surface area contributed by atoms with Gasteiger partial charge in [0.1, 0.15) is 11.4 Å². The summed E-state index contributed by atoms with van der Waals surface area (Å²) in [5, 5.41) is 29.9. The predicted octanol–water partition coefficient (Wildman–Crippen LogP) is 2.79. The second kappa shape index (κ2) is 6.58. The molecule has 2 aromatic rings. The Morgan fingerprint density at radius 2 is 1.93 bits per heavy atom. The lowest BCUT2D eigenvalue weighted by Gasteiger charge is -2.18. The Bertz CT molecular complexity index is 1030. The first-order valence-electron chi connectivity index (χ1n) is 8.37. The van der Waals surface area contributed by atoms with Crippen molar-refractivity contribution in [3.05, 3.63) is 47.7 Å². The number of aromatic hydroxyl groups is 1. The second-order valence-corrected chi connectivity index (χ2v) is 8.74. The van der Waals surface area contributed by atoms with Crippen molar-refractivity contribution in [2.24, 2.45) is 0 Å². The van der Waals surface area contributed by atoms with Gasteiger partial charge in [0.15, 0.2) is 5.82 Å². The van der Waals surface area contributed by atoms with Crippen LogP contribution in [0.3, 0.4) is 0 Å². The summed E-state index contributed by atoms with van der Waals surface area (Å²) < 4.78 is 41.4. The molecule has 3 rings (SSSR count). The first kappa shape index (κ1) is 19.2. The average Bonchev–Trinajstić information content (AvgIpc) is 2.79. The van der Waals surface area contributed by atoms with Crippen molar-refractivity contribution in [3.8, 4) is 5.75 Å². The molecule has 9 heteroatoms. The third-order valence-electron chi connectivity index (χ3n) is 4.30. The predicted molar refractivity (Wildman–Crippen MR) is 100 cm³/mol. The molecule has 1 aliphatic heterocycles. The van der Waals surface area contributed by atoms with E-state index in [4.69, 9.17) is 0 Å². The van der Waals surface area contributed by atoms with Gasteiger partial charge in [0.2, 0.25) is 5.88 Å². The Labute approximate surface area is 156 Å². The van der Waals surface area contributed by atoms with Crippen molar-refractivity contribution >= 4 is 26.7 Å². The number of nitrogens with zero attached hydrogens (tertiary/aromatic N) is 1. The maximum absolute atomic E-state index is 15.1. The molecule has 0 fully saturated rings. The monoisotopic (exact) mass is 396 g/mol. The molecule has 0 saturated carbocycles. The summed E-state index contributed by atoms with van der Waals surface area (Å²) in [6.45, 7) is 3.44. The van der Waals surface area contributed by atoms with E-state index in [0.717, 1.165) is 11.8 Å². The van der Waals surface area contributed by atoms with Crippen molar-refractivity contribution in [2.75, 3.05) is 4.31 Å². The number of fused-ring (bicyclic) bond motifs is 1. The fourth-order valence-electron chi connectivity index (χ4n) is 3.04. The molecule has 0 spiro atoms. The Balaban J connectivity index is 2.02. The number of nitrogens with one attached hydrogen (secondary N) is 1. The quantitative estimate of drug-likeness (QED) is 0.621. The first-order valence-corrected chi connectivity index (χ1v) is 9.81. The van der Waals surface area contributed by atoms with Crippen LogP contribution in [0.15, 0.2) is 36.3 Å². The zero-order valence-electron chi connectivity index (χ0n) is 14.9. The Hall–Kier alpha value is -2.52. The number of hydrogen-bond acceptors (Lipinski definition) is 5. The molecule has 1 aliphatic rings. The van der Waals surface area contributed by atoms with Crippen LogP contribution in [0.5, 0.6) is 5.75 Å². The lowest BCUT2D eigenvalue weighted by Crippen LogP contribution is -2.30. The number of halogens is 1. The van der Waals surface area contributed by atoms with E-state index < -0.39 is 38.9 Å². The molecular formula is C18H21FN2O5S. The first-order chi connectivity index (χ1) is 12.5. The topological polar surface area (TPSA) is 110 Å². The average molecular weight is 396 g/mol. The van der Waals surface area contributed by atoms with E-state index in [1.165, 1.54) is 6.07 Å². The van der Waals surface area contributed by atoms with Crippen molar-refractivity contribution in [2.45, 2.75) is 38.7 Å². The van der Waals surface area contributed by atoms with Crippen LogP contribution in [0.25, 0.3) is 10.8 Å². The number of aliphatic hydroxyl groups is 2. The van der Waals surface area contributed by atoms with Gasteiger partial charge in [0.05, 0.1) is 11.8 Å². The Morgan fingerprint density at radius 3 is 2.52 bits per heavy atom. The number of phenols is 1. The van der Waals surface area contributed by atoms with E-state index in [9.17, 15) is 23.7 Å². The van der Waals surface area contributed by atoms with E-state index in [1.54, 1.807) is 32.0 Å². The van der Waals surface area contributed by atoms with E-state index in [2.05, 4.69) is 0 Å². The number of phenolic OH excluding ortho intramolecular Hbond substituents is 1. The lowest BCUT2D eigenvalue weighted by molar-refractivity contribution is 0.0689. The van der Waals surface area contributed by atoms with Gasteiger partial charge in [-0.25, -0.2) is 13.4 Å². The molecule has 0 saturated heterocycles. The normalized spacial score (nSPS) is 16.4. The zero-order chi connectivity index (χ0) is 20.0. The highest BCUT2D eigenvalue weighted by Crippen LogP contribution is 2.39. The van der Waals surface area contributed by atoms with Gasteiger partial charge in [-0.05, 0) is 56.2 Å². The number of aryl methyl sites for hydroxylation is 1. The number of hydrogen-bond donors (Lipinski definition) is 4. The van der Waals surface area contributed by atoms with Gasteiger partial charge in [-0.1, -0.05) is 12.1 Å². The maximum Gasteiger partial charge on any atom is 0.330 e. The van der Waals surface area contributed by atoms with E-state index in [0.29, 0.717) is 29.0 Å². The molecule has 1 heterocycles.